The third-order valence-corrected chi connectivity index (χ3v) is 6.65. The number of anilines is 2. The molecule has 1 N–H and O–H groups in total. The first-order valence-corrected chi connectivity index (χ1v) is 10.6. The number of hydrogen-bond acceptors (Lipinski definition) is 6. The average Bonchev–Trinajstić information content (AvgIpc) is 2.97. The average molecular weight is 388 g/mol. The zero-order chi connectivity index (χ0) is 19.8. The molecule has 1 saturated heterocycles. The van der Waals surface area contributed by atoms with Crippen LogP contribution in [0.1, 0.15) is 33.6 Å². The summed E-state index contributed by atoms with van der Waals surface area (Å²) < 4.78 is 23.3. The molecular formula is C19H24N4O3S. The van der Waals surface area contributed by atoms with Crippen LogP contribution in [-0.4, -0.2) is 48.9 Å². The smallest absolute Gasteiger partial charge is 0.275 e. The maximum atomic E-state index is 12.5. The van der Waals surface area contributed by atoms with Gasteiger partial charge >= 0.3 is 0 Å². The lowest BCUT2D eigenvalue weighted by atomic mass is 10.1. The predicted molar refractivity (Wildman–Crippen MR) is 106 cm³/mol. The molecule has 0 bridgehead atoms. The van der Waals surface area contributed by atoms with Crippen LogP contribution in [0.5, 0.6) is 0 Å². The normalized spacial score (nSPS) is 18.3. The molecule has 1 aromatic heterocycles. The molecule has 1 atom stereocenters. The van der Waals surface area contributed by atoms with Crippen LogP contribution in [-0.2, 0) is 9.84 Å². The molecule has 2 aromatic rings. The molecule has 1 aliphatic heterocycles. The topological polar surface area (TPSA) is 92.3 Å². The fourth-order valence-electron chi connectivity index (χ4n) is 3.44. The standard InChI is InChI=1S/C19H24N4O3S/c1-12-7-13(2)18(14(3)8-12)22-19(24)16-9-21-17(10-20-16)23(4)15-5-6-27(25,26)11-15/h7-10,15H,5-6,11H2,1-4H3,(H,22,24). The Morgan fingerprint density at radius 2 is 1.81 bits per heavy atom. The number of aryl methyl sites for hydroxylation is 3. The van der Waals surface area contributed by atoms with E-state index in [4.69, 9.17) is 0 Å². The second-order valence-electron chi connectivity index (χ2n) is 7.16. The SMILES string of the molecule is Cc1cc(C)c(NC(=O)c2cnc(N(C)C3CCS(=O)(=O)C3)cn2)c(C)c1. The minimum Gasteiger partial charge on any atom is -0.354 e. The zero-order valence-electron chi connectivity index (χ0n) is 16.0. The highest BCUT2D eigenvalue weighted by Gasteiger charge is 2.31. The summed E-state index contributed by atoms with van der Waals surface area (Å²) in [7, 11) is -1.17. The van der Waals surface area contributed by atoms with Gasteiger partial charge < -0.3 is 10.2 Å². The highest BCUT2D eigenvalue weighted by molar-refractivity contribution is 7.91. The number of rotatable bonds is 4. The highest BCUT2D eigenvalue weighted by atomic mass is 32.2. The number of carbonyl (C=O) groups is 1. The second-order valence-corrected chi connectivity index (χ2v) is 9.38. The van der Waals surface area contributed by atoms with E-state index in [2.05, 4.69) is 15.3 Å². The van der Waals surface area contributed by atoms with E-state index in [-0.39, 0.29) is 29.1 Å². The van der Waals surface area contributed by atoms with E-state index in [1.165, 1.54) is 12.4 Å². The number of nitrogens with zero attached hydrogens (tertiary/aromatic N) is 3. The van der Waals surface area contributed by atoms with Gasteiger partial charge in [-0.15, -0.1) is 0 Å². The zero-order valence-corrected chi connectivity index (χ0v) is 16.8. The van der Waals surface area contributed by atoms with E-state index in [0.717, 1.165) is 22.4 Å². The molecule has 1 fully saturated rings. The Bertz CT molecular complexity index is 948. The molecule has 2 heterocycles. The van der Waals surface area contributed by atoms with E-state index >= 15 is 0 Å². The van der Waals surface area contributed by atoms with E-state index < -0.39 is 9.84 Å². The lowest BCUT2D eigenvalue weighted by Gasteiger charge is -2.24. The maximum Gasteiger partial charge on any atom is 0.275 e. The summed E-state index contributed by atoms with van der Waals surface area (Å²) in [5, 5.41) is 2.90. The van der Waals surface area contributed by atoms with Crippen molar-refractivity contribution in [3.05, 3.63) is 46.9 Å². The molecule has 0 aliphatic carbocycles. The Hall–Kier alpha value is -2.48. The fraction of sp³-hybridized carbons (Fsp3) is 0.421. The summed E-state index contributed by atoms with van der Waals surface area (Å²) in [5.41, 5.74) is 4.12. The molecule has 0 radical (unpaired) electrons. The van der Waals surface area contributed by atoms with Crippen molar-refractivity contribution in [1.29, 1.82) is 0 Å². The van der Waals surface area contributed by atoms with Crippen LogP contribution in [0, 0.1) is 20.8 Å². The first kappa shape index (κ1) is 19.3. The monoisotopic (exact) mass is 388 g/mol. The van der Waals surface area contributed by atoms with Crippen molar-refractivity contribution in [1.82, 2.24) is 9.97 Å². The highest BCUT2D eigenvalue weighted by Crippen LogP contribution is 2.23. The third kappa shape index (κ3) is 4.27. The van der Waals surface area contributed by atoms with E-state index in [1.807, 2.05) is 37.8 Å². The van der Waals surface area contributed by atoms with Crippen LogP contribution in [0.3, 0.4) is 0 Å². The molecule has 1 amide bonds. The molecule has 1 unspecified atom stereocenters. The maximum absolute atomic E-state index is 12.5. The van der Waals surface area contributed by atoms with Gasteiger partial charge in [0, 0.05) is 18.8 Å². The van der Waals surface area contributed by atoms with Crippen LogP contribution >= 0.6 is 0 Å². The van der Waals surface area contributed by atoms with Gasteiger partial charge in [-0.25, -0.2) is 18.4 Å². The summed E-state index contributed by atoms with van der Waals surface area (Å²) >= 11 is 0. The Labute approximate surface area is 159 Å². The van der Waals surface area contributed by atoms with Crippen molar-refractivity contribution >= 4 is 27.2 Å². The van der Waals surface area contributed by atoms with Crippen LogP contribution in [0.4, 0.5) is 11.5 Å². The molecule has 0 saturated carbocycles. The first-order valence-electron chi connectivity index (χ1n) is 8.81. The van der Waals surface area contributed by atoms with Crippen molar-refractivity contribution in [2.45, 2.75) is 33.2 Å². The van der Waals surface area contributed by atoms with Gasteiger partial charge in [0.15, 0.2) is 9.84 Å². The fourth-order valence-corrected chi connectivity index (χ4v) is 5.22. The number of carbonyl (C=O) groups excluding carboxylic acids is 1. The summed E-state index contributed by atoms with van der Waals surface area (Å²) in [6, 6.07) is 3.92. The van der Waals surface area contributed by atoms with E-state index in [1.54, 1.807) is 7.05 Å². The molecule has 1 aromatic carbocycles. The van der Waals surface area contributed by atoms with E-state index in [0.29, 0.717) is 12.2 Å². The van der Waals surface area contributed by atoms with Crippen molar-refractivity contribution in [2.75, 3.05) is 28.8 Å². The Kier molecular flexibility index (Phi) is 5.19. The molecule has 3 rings (SSSR count). The lowest BCUT2D eigenvalue weighted by molar-refractivity contribution is 0.102. The van der Waals surface area contributed by atoms with Gasteiger partial charge in [0.2, 0.25) is 0 Å². The minimum atomic E-state index is -2.97. The third-order valence-electron chi connectivity index (χ3n) is 4.90. The summed E-state index contributed by atoms with van der Waals surface area (Å²) in [5.74, 6) is 0.552. The van der Waals surface area contributed by atoms with Gasteiger partial charge in [0.05, 0.1) is 23.9 Å². The minimum absolute atomic E-state index is 0.109. The number of benzene rings is 1. The number of sulfone groups is 1. The van der Waals surface area contributed by atoms with Gasteiger partial charge in [0.1, 0.15) is 11.5 Å². The molecule has 8 heteroatoms. The Balaban J connectivity index is 1.73. The van der Waals surface area contributed by atoms with Crippen LogP contribution in [0.2, 0.25) is 0 Å². The Morgan fingerprint density at radius 1 is 1.15 bits per heavy atom. The van der Waals surface area contributed by atoms with Gasteiger partial charge in [-0.2, -0.15) is 0 Å². The Morgan fingerprint density at radius 3 is 2.33 bits per heavy atom. The van der Waals surface area contributed by atoms with Gasteiger partial charge in [-0.05, 0) is 38.3 Å². The van der Waals surface area contributed by atoms with Crippen LogP contribution in [0.15, 0.2) is 24.5 Å². The molecule has 1 aliphatic rings. The number of hydrogen-bond donors (Lipinski definition) is 1. The molecule has 7 nitrogen and oxygen atoms in total. The number of amides is 1. The first-order chi connectivity index (χ1) is 12.7. The van der Waals surface area contributed by atoms with Gasteiger partial charge in [0.25, 0.3) is 5.91 Å². The quantitative estimate of drug-likeness (QED) is 0.864. The van der Waals surface area contributed by atoms with Crippen LogP contribution < -0.4 is 10.2 Å². The predicted octanol–water partition coefficient (Wildman–Crippen LogP) is 2.28. The lowest BCUT2D eigenvalue weighted by Crippen LogP contribution is -2.33. The summed E-state index contributed by atoms with van der Waals surface area (Å²) in [6.07, 6.45) is 3.51. The molecule has 0 spiro atoms. The van der Waals surface area contributed by atoms with Gasteiger partial charge in [-0.1, -0.05) is 17.7 Å². The number of nitrogens with one attached hydrogen (secondary N) is 1. The van der Waals surface area contributed by atoms with Gasteiger partial charge in [-0.3, -0.25) is 4.79 Å². The van der Waals surface area contributed by atoms with Crippen molar-refractivity contribution in [3.8, 4) is 0 Å². The van der Waals surface area contributed by atoms with Crippen LogP contribution in [0.25, 0.3) is 0 Å². The van der Waals surface area contributed by atoms with Crippen molar-refractivity contribution in [2.24, 2.45) is 0 Å². The number of aromatic nitrogens is 2. The van der Waals surface area contributed by atoms with Crippen molar-refractivity contribution < 1.29 is 13.2 Å². The summed E-state index contributed by atoms with van der Waals surface area (Å²) in [4.78, 5) is 22.8. The van der Waals surface area contributed by atoms with E-state index in [9.17, 15) is 13.2 Å². The molecular weight excluding hydrogens is 364 g/mol. The summed E-state index contributed by atoms with van der Waals surface area (Å²) in [6.45, 7) is 5.92. The van der Waals surface area contributed by atoms with Crippen molar-refractivity contribution in [3.63, 3.8) is 0 Å². The molecule has 144 valence electrons. The molecule has 27 heavy (non-hydrogen) atoms. The second kappa shape index (κ2) is 7.26. The largest absolute Gasteiger partial charge is 0.354 e.